The average Bonchev–Trinajstić information content (AvgIpc) is 2.93. The minimum Gasteiger partial charge on any atom is -0.342 e. The second-order valence-corrected chi connectivity index (χ2v) is 5.70. The Morgan fingerprint density at radius 2 is 1.95 bits per heavy atom. The Bertz CT molecular complexity index is 598. The molecule has 3 rings (SSSR count). The molecule has 1 fully saturated rings. The van der Waals surface area contributed by atoms with E-state index in [-0.39, 0.29) is 5.91 Å². The summed E-state index contributed by atoms with van der Waals surface area (Å²) < 4.78 is 1.91. The molecule has 1 aliphatic rings. The highest BCUT2D eigenvalue weighted by Gasteiger charge is 2.24. The molecular weight excluding hydrogens is 262 g/mol. The lowest BCUT2D eigenvalue weighted by atomic mass is 9.89. The van der Waals surface area contributed by atoms with Crippen molar-refractivity contribution >= 4 is 5.91 Å². The van der Waals surface area contributed by atoms with Gasteiger partial charge in [0.1, 0.15) is 5.82 Å². The van der Waals surface area contributed by atoms with Crippen LogP contribution in [0.5, 0.6) is 0 Å². The van der Waals surface area contributed by atoms with E-state index in [2.05, 4.69) is 35.3 Å². The van der Waals surface area contributed by atoms with Crippen LogP contribution in [0.25, 0.3) is 0 Å². The van der Waals surface area contributed by atoms with Crippen molar-refractivity contribution < 1.29 is 4.79 Å². The fourth-order valence-electron chi connectivity index (χ4n) is 3.00. The molecule has 4 nitrogen and oxygen atoms in total. The lowest BCUT2D eigenvalue weighted by Gasteiger charge is -2.32. The smallest absolute Gasteiger partial charge is 0.230 e. The van der Waals surface area contributed by atoms with E-state index in [0.29, 0.717) is 12.3 Å². The van der Waals surface area contributed by atoms with Gasteiger partial charge in [0.2, 0.25) is 5.91 Å². The first-order chi connectivity index (χ1) is 10.2. The minimum absolute atomic E-state index is 0.191. The van der Waals surface area contributed by atoms with Crippen LogP contribution in [0.4, 0.5) is 0 Å². The maximum Gasteiger partial charge on any atom is 0.230 e. The summed E-state index contributed by atoms with van der Waals surface area (Å²) in [6, 6.07) is 10.6. The van der Waals surface area contributed by atoms with Gasteiger partial charge in [-0.05, 0) is 24.3 Å². The summed E-state index contributed by atoms with van der Waals surface area (Å²) in [5.41, 5.74) is 1.40. The van der Waals surface area contributed by atoms with Gasteiger partial charge in [-0.25, -0.2) is 4.98 Å². The summed E-state index contributed by atoms with van der Waals surface area (Å²) in [6.07, 6.45) is 6.13. The Labute approximate surface area is 125 Å². The monoisotopic (exact) mass is 283 g/mol. The van der Waals surface area contributed by atoms with Crippen LogP contribution in [0, 0.1) is 0 Å². The number of benzene rings is 1. The Hall–Kier alpha value is -2.10. The highest BCUT2D eigenvalue weighted by Crippen LogP contribution is 2.27. The van der Waals surface area contributed by atoms with E-state index in [1.807, 2.05) is 22.7 Å². The number of piperidine rings is 1. The van der Waals surface area contributed by atoms with Gasteiger partial charge in [0.25, 0.3) is 0 Å². The molecule has 0 atom stereocenters. The number of aromatic nitrogens is 2. The minimum atomic E-state index is 0.191. The molecule has 0 radical (unpaired) electrons. The van der Waals surface area contributed by atoms with Gasteiger partial charge >= 0.3 is 0 Å². The van der Waals surface area contributed by atoms with Gasteiger partial charge in [0.15, 0.2) is 0 Å². The summed E-state index contributed by atoms with van der Waals surface area (Å²) >= 11 is 0. The standard InChI is InChI=1S/C17H21N3O/c1-19-12-9-18-16(19)13-17(21)20-10-7-15(8-11-20)14-5-3-2-4-6-14/h2-6,9,12,15H,7-8,10-11,13H2,1H3. The third kappa shape index (κ3) is 3.15. The molecule has 1 saturated heterocycles. The number of nitrogens with zero attached hydrogens (tertiary/aromatic N) is 3. The Morgan fingerprint density at radius 1 is 1.24 bits per heavy atom. The van der Waals surface area contributed by atoms with Crippen molar-refractivity contribution in [1.29, 1.82) is 0 Å². The van der Waals surface area contributed by atoms with Gasteiger partial charge < -0.3 is 9.47 Å². The molecule has 2 aromatic rings. The molecule has 0 bridgehead atoms. The highest BCUT2D eigenvalue weighted by molar-refractivity contribution is 5.78. The van der Waals surface area contributed by atoms with E-state index < -0.39 is 0 Å². The van der Waals surface area contributed by atoms with Gasteiger partial charge in [0, 0.05) is 32.5 Å². The normalized spacial score (nSPS) is 16.1. The van der Waals surface area contributed by atoms with Crippen LogP contribution in [0.3, 0.4) is 0 Å². The number of imidazole rings is 1. The Morgan fingerprint density at radius 3 is 2.57 bits per heavy atom. The third-order valence-electron chi connectivity index (χ3n) is 4.35. The zero-order valence-electron chi connectivity index (χ0n) is 12.4. The third-order valence-corrected chi connectivity index (χ3v) is 4.35. The molecule has 21 heavy (non-hydrogen) atoms. The predicted octanol–water partition coefficient (Wildman–Crippen LogP) is 2.37. The molecule has 110 valence electrons. The number of amides is 1. The first-order valence-corrected chi connectivity index (χ1v) is 7.53. The summed E-state index contributed by atoms with van der Waals surface area (Å²) in [6.45, 7) is 1.70. The maximum atomic E-state index is 12.3. The second kappa shape index (κ2) is 6.12. The van der Waals surface area contributed by atoms with Crippen molar-refractivity contribution in [1.82, 2.24) is 14.5 Å². The van der Waals surface area contributed by atoms with Crippen LogP contribution in [-0.4, -0.2) is 33.4 Å². The van der Waals surface area contributed by atoms with E-state index in [1.54, 1.807) is 6.20 Å². The molecule has 0 aliphatic carbocycles. The van der Waals surface area contributed by atoms with Crippen molar-refractivity contribution in [3.05, 3.63) is 54.1 Å². The van der Waals surface area contributed by atoms with Gasteiger partial charge in [-0.2, -0.15) is 0 Å². The van der Waals surface area contributed by atoms with Crippen molar-refractivity contribution in [3.63, 3.8) is 0 Å². The first kappa shape index (κ1) is 13.9. The van der Waals surface area contributed by atoms with Crippen molar-refractivity contribution in [3.8, 4) is 0 Å². The number of carbonyl (C=O) groups excluding carboxylic acids is 1. The number of carbonyl (C=O) groups is 1. The molecular formula is C17H21N3O. The molecule has 0 saturated carbocycles. The van der Waals surface area contributed by atoms with E-state index in [4.69, 9.17) is 0 Å². The number of rotatable bonds is 3. The topological polar surface area (TPSA) is 38.1 Å². The number of hydrogen-bond donors (Lipinski definition) is 0. The lowest BCUT2D eigenvalue weighted by Crippen LogP contribution is -2.39. The summed E-state index contributed by atoms with van der Waals surface area (Å²) in [5, 5.41) is 0. The Balaban J connectivity index is 1.56. The number of likely N-dealkylation sites (tertiary alicyclic amines) is 1. The quantitative estimate of drug-likeness (QED) is 0.867. The van der Waals surface area contributed by atoms with Crippen molar-refractivity contribution in [2.75, 3.05) is 13.1 Å². The fourth-order valence-corrected chi connectivity index (χ4v) is 3.00. The van der Waals surface area contributed by atoms with Crippen molar-refractivity contribution in [2.24, 2.45) is 7.05 Å². The molecule has 4 heteroatoms. The first-order valence-electron chi connectivity index (χ1n) is 7.53. The molecule has 2 heterocycles. The Kier molecular flexibility index (Phi) is 4.04. The molecule has 0 N–H and O–H groups in total. The van der Waals surface area contributed by atoms with Crippen LogP contribution >= 0.6 is 0 Å². The van der Waals surface area contributed by atoms with Crippen LogP contribution in [0.15, 0.2) is 42.7 Å². The van der Waals surface area contributed by atoms with E-state index in [1.165, 1.54) is 5.56 Å². The van der Waals surface area contributed by atoms with E-state index in [9.17, 15) is 4.79 Å². The molecule has 1 aromatic carbocycles. The van der Waals surface area contributed by atoms with E-state index >= 15 is 0 Å². The van der Waals surface area contributed by atoms with Crippen molar-refractivity contribution in [2.45, 2.75) is 25.2 Å². The summed E-state index contributed by atoms with van der Waals surface area (Å²) in [7, 11) is 1.93. The summed E-state index contributed by atoms with van der Waals surface area (Å²) in [5.74, 6) is 1.62. The SMILES string of the molecule is Cn1ccnc1CC(=O)N1CCC(c2ccccc2)CC1. The van der Waals surface area contributed by atoms with Gasteiger partial charge in [-0.15, -0.1) is 0 Å². The molecule has 1 aliphatic heterocycles. The van der Waals surface area contributed by atoms with Crippen LogP contribution in [0.1, 0.15) is 30.1 Å². The summed E-state index contributed by atoms with van der Waals surface area (Å²) in [4.78, 5) is 18.5. The van der Waals surface area contributed by atoms with Gasteiger partial charge in [-0.3, -0.25) is 4.79 Å². The van der Waals surface area contributed by atoms with Crippen LogP contribution in [-0.2, 0) is 18.3 Å². The zero-order chi connectivity index (χ0) is 14.7. The zero-order valence-corrected chi connectivity index (χ0v) is 12.4. The lowest BCUT2D eigenvalue weighted by molar-refractivity contribution is -0.131. The highest BCUT2D eigenvalue weighted by atomic mass is 16.2. The molecule has 0 spiro atoms. The number of aryl methyl sites for hydroxylation is 1. The number of hydrogen-bond acceptors (Lipinski definition) is 2. The second-order valence-electron chi connectivity index (χ2n) is 5.70. The predicted molar refractivity (Wildman–Crippen MR) is 81.9 cm³/mol. The van der Waals surface area contributed by atoms with Crippen LogP contribution < -0.4 is 0 Å². The maximum absolute atomic E-state index is 12.3. The van der Waals surface area contributed by atoms with Crippen LogP contribution in [0.2, 0.25) is 0 Å². The largest absolute Gasteiger partial charge is 0.342 e. The average molecular weight is 283 g/mol. The van der Waals surface area contributed by atoms with E-state index in [0.717, 1.165) is 31.8 Å². The van der Waals surface area contributed by atoms with Gasteiger partial charge in [0.05, 0.1) is 6.42 Å². The van der Waals surface area contributed by atoms with Gasteiger partial charge in [-0.1, -0.05) is 30.3 Å². The molecule has 0 unspecified atom stereocenters. The molecule has 1 aromatic heterocycles. The fraction of sp³-hybridized carbons (Fsp3) is 0.412. The molecule has 1 amide bonds.